The molecule has 148 valence electrons. The third-order valence-electron chi connectivity index (χ3n) is 4.86. The number of benzene rings is 2. The molecule has 0 aromatic heterocycles. The molecule has 0 bridgehead atoms. The van der Waals surface area contributed by atoms with Gasteiger partial charge in [-0.1, -0.05) is 6.07 Å². The van der Waals surface area contributed by atoms with Gasteiger partial charge in [0.2, 0.25) is 10.0 Å². The van der Waals surface area contributed by atoms with Crippen LogP contribution in [0.5, 0.6) is 0 Å². The van der Waals surface area contributed by atoms with Crippen molar-refractivity contribution in [3.05, 3.63) is 59.7 Å². The molecule has 8 heteroatoms. The number of piperazine rings is 1. The number of hydrogen-bond acceptors (Lipinski definition) is 4. The largest absolute Gasteiger partial charge is 0.335 e. The lowest BCUT2D eigenvalue weighted by Crippen LogP contribution is -3.12. The second-order valence-corrected chi connectivity index (χ2v) is 8.91. The first-order valence-corrected chi connectivity index (χ1v) is 10.6. The fourth-order valence-corrected chi connectivity index (χ4v) is 4.53. The normalized spacial score (nSPS) is 15.9. The molecule has 28 heavy (non-hydrogen) atoms. The Morgan fingerprint density at radius 3 is 2.25 bits per heavy atom. The summed E-state index contributed by atoms with van der Waals surface area (Å²) in [5, 5.41) is 2.73. The summed E-state index contributed by atoms with van der Waals surface area (Å²) < 4.78 is 27.2. The van der Waals surface area contributed by atoms with Crippen molar-refractivity contribution in [3.63, 3.8) is 0 Å². The molecule has 0 spiro atoms. The number of sulfonamides is 1. The first-order valence-electron chi connectivity index (χ1n) is 9.11. The number of hydrogen-bond donors (Lipinski definition) is 2. The van der Waals surface area contributed by atoms with Gasteiger partial charge in [0.25, 0.3) is 5.91 Å². The summed E-state index contributed by atoms with van der Waals surface area (Å²) in [6, 6.07) is 12.6. The van der Waals surface area contributed by atoms with Crippen LogP contribution in [0.4, 0.5) is 5.69 Å². The fourth-order valence-electron chi connectivity index (χ4n) is 3.05. The Morgan fingerprint density at radius 2 is 1.64 bits per heavy atom. The van der Waals surface area contributed by atoms with Crippen molar-refractivity contribution in [1.82, 2.24) is 4.31 Å². The molecule has 2 aromatic carbocycles. The number of ketones is 1. The molecule has 1 aliphatic heterocycles. The Labute approximate surface area is 165 Å². The standard InChI is InChI=1S/C20H23N3O4S/c1-15(24)16-6-8-18(9-7-16)21-20(25)17-4-3-5-19(14-17)28(26,27)23-12-10-22(2)11-13-23/h3-9,14H,10-13H2,1-2H3,(H,21,25)/p+1. The SMILES string of the molecule is CC(=O)c1ccc(NC(=O)c2cccc(S(=O)(=O)N3CC[NH+](C)CC3)c2)cc1. The van der Waals surface area contributed by atoms with Crippen LogP contribution in [0.2, 0.25) is 0 Å². The van der Waals surface area contributed by atoms with Crippen LogP contribution in [-0.2, 0) is 10.0 Å². The van der Waals surface area contributed by atoms with E-state index < -0.39 is 15.9 Å². The molecule has 0 unspecified atom stereocenters. The maximum Gasteiger partial charge on any atom is 0.255 e. The van der Waals surface area contributed by atoms with Gasteiger partial charge in [0.15, 0.2) is 5.78 Å². The van der Waals surface area contributed by atoms with Crippen LogP contribution in [0.15, 0.2) is 53.4 Å². The quantitative estimate of drug-likeness (QED) is 0.720. The molecule has 0 aliphatic carbocycles. The van der Waals surface area contributed by atoms with E-state index in [0.717, 1.165) is 13.1 Å². The minimum Gasteiger partial charge on any atom is -0.335 e. The van der Waals surface area contributed by atoms with E-state index in [9.17, 15) is 18.0 Å². The van der Waals surface area contributed by atoms with Gasteiger partial charge in [-0.05, 0) is 49.4 Å². The lowest BCUT2D eigenvalue weighted by atomic mass is 10.1. The first-order chi connectivity index (χ1) is 13.3. The monoisotopic (exact) mass is 402 g/mol. The number of nitrogens with one attached hydrogen (secondary N) is 2. The van der Waals surface area contributed by atoms with Crippen molar-refractivity contribution in [3.8, 4) is 0 Å². The molecular formula is C20H24N3O4S+. The van der Waals surface area contributed by atoms with Crippen LogP contribution in [0.3, 0.4) is 0 Å². The number of quaternary nitrogens is 1. The zero-order valence-corrected chi connectivity index (χ0v) is 16.8. The molecule has 1 amide bonds. The summed E-state index contributed by atoms with van der Waals surface area (Å²) in [6.45, 7) is 3.92. The van der Waals surface area contributed by atoms with Gasteiger partial charge in [-0.15, -0.1) is 0 Å². The number of carbonyl (C=O) groups is 2. The molecule has 2 N–H and O–H groups in total. The fraction of sp³-hybridized carbons (Fsp3) is 0.300. The Hall–Kier alpha value is -2.55. The van der Waals surface area contributed by atoms with Crippen LogP contribution in [0.1, 0.15) is 27.6 Å². The van der Waals surface area contributed by atoms with E-state index in [1.165, 1.54) is 28.3 Å². The van der Waals surface area contributed by atoms with Gasteiger partial charge in [0.05, 0.1) is 38.1 Å². The molecule has 2 aromatic rings. The lowest BCUT2D eigenvalue weighted by molar-refractivity contribution is -0.883. The van der Waals surface area contributed by atoms with E-state index in [1.54, 1.807) is 36.4 Å². The third-order valence-corrected chi connectivity index (χ3v) is 6.75. The Kier molecular flexibility index (Phi) is 5.93. The average molecular weight is 402 g/mol. The van der Waals surface area contributed by atoms with Gasteiger partial charge in [-0.3, -0.25) is 9.59 Å². The van der Waals surface area contributed by atoms with Crippen molar-refractivity contribution >= 4 is 27.4 Å². The summed E-state index contributed by atoms with van der Waals surface area (Å²) in [4.78, 5) is 25.3. The highest BCUT2D eigenvalue weighted by molar-refractivity contribution is 7.89. The number of amides is 1. The summed E-state index contributed by atoms with van der Waals surface area (Å²) in [7, 11) is -1.59. The van der Waals surface area contributed by atoms with E-state index >= 15 is 0 Å². The van der Waals surface area contributed by atoms with Gasteiger partial charge < -0.3 is 10.2 Å². The zero-order valence-electron chi connectivity index (χ0n) is 15.9. The zero-order chi connectivity index (χ0) is 20.3. The molecule has 3 rings (SSSR count). The topological polar surface area (TPSA) is 88.0 Å². The van der Waals surface area contributed by atoms with Gasteiger partial charge >= 0.3 is 0 Å². The van der Waals surface area contributed by atoms with E-state index in [-0.39, 0.29) is 16.2 Å². The molecule has 0 saturated carbocycles. The second kappa shape index (κ2) is 8.22. The van der Waals surface area contributed by atoms with Gasteiger partial charge in [0, 0.05) is 16.8 Å². The van der Waals surface area contributed by atoms with E-state index in [1.807, 2.05) is 7.05 Å². The maximum absolute atomic E-state index is 12.9. The first kappa shape index (κ1) is 20.2. The van der Waals surface area contributed by atoms with Gasteiger partial charge in [-0.25, -0.2) is 8.42 Å². The van der Waals surface area contributed by atoms with E-state index in [0.29, 0.717) is 24.3 Å². The molecule has 1 fully saturated rings. The van der Waals surface area contributed by atoms with E-state index in [4.69, 9.17) is 0 Å². The van der Waals surface area contributed by atoms with Crippen LogP contribution >= 0.6 is 0 Å². The number of likely N-dealkylation sites (N-methyl/N-ethyl adjacent to an activating group) is 1. The third kappa shape index (κ3) is 4.46. The number of carbonyl (C=O) groups excluding carboxylic acids is 2. The van der Waals surface area contributed by atoms with Crippen LogP contribution < -0.4 is 10.2 Å². The average Bonchev–Trinajstić information content (AvgIpc) is 2.69. The minimum atomic E-state index is -3.63. The maximum atomic E-state index is 12.9. The molecule has 7 nitrogen and oxygen atoms in total. The summed E-state index contributed by atoms with van der Waals surface area (Å²) in [6.07, 6.45) is 0. The Bertz CT molecular complexity index is 979. The highest BCUT2D eigenvalue weighted by Gasteiger charge is 2.29. The van der Waals surface area contributed by atoms with E-state index in [2.05, 4.69) is 5.32 Å². The number of Topliss-reactive ketones (excluding diaryl/α,β-unsaturated/α-hetero) is 1. The Balaban J connectivity index is 1.76. The molecule has 0 radical (unpaired) electrons. The lowest BCUT2D eigenvalue weighted by Gasteiger charge is -2.29. The van der Waals surface area contributed by atoms with Crippen LogP contribution in [0.25, 0.3) is 0 Å². The van der Waals surface area contributed by atoms with Crippen molar-refractivity contribution < 1.29 is 22.9 Å². The Morgan fingerprint density at radius 1 is 1.00 bits per heavy atom. The predicted octanol–water partition coefficient (Wildman–Crippen LogP) is 0.661. The number of anilines is 1. The summed E-state index contributed by atoms with van der Waals surface area (Å²) in [5.41, 5.74) is 1.35. The van der Waals surface area contributed by atoms with Gasteiger partial charge in [0.1, 0.15) is 0 Å². The molecule has 1 aliphatic rings. The molecule has 1 saturated heterocycles. The van der Waals surface area contributed by atoms with Crippen molar-refractivity contribution in [1.29, 1.82) is 0 Å². The molecular weight excluding hydrogens is 378 g/mol. The molecule has 1 heterocycles. The summed E-state index contributed by atoms with van der Waals surface area (Å²) in [5.74, 6) is -0.461. The van der Waals surface area contributed by atoms with Crippen molar-refractivity contribution in [2.75, 3.05) is 38.5 Å². The van der Waals surface area contributed by atoms with Crippen molar-refractivity contribution in [2.24, 2.45) is 0 Å². The predicted molar refractivity (Wildman–Crippen MR) is 106 cm³/mol. The minimum absolute atomic E-state index is 0.0544. The summed E-state index contributed by atoms with van der Waals surface area (Å²) >= 11 is 0. The second-order valence-electron chi connectivity index (χ2n) is 6.98. The van der Waals surface area contributed by atoms with Gasteiger partial charge in [-0.2, -0.15) is 4.31 Å². The van der Waals surface area contributed by atoms with Crippen LogP contribution in [0, 0.1) is 0 Å². The van der Waals surface area contributed by atoms with Crippen LogP contribution in [-0.4, -0.2) is 57.6 Å². The highest BCUT2D eigenvalue weighted by Crippen LogP contribution is 2.18. The molecule has 0 atom stereocenters. The number of nitrogens with zero attached hydrogens (tertiary/aromatic N) is 1. The smallest absolute Gasteiger partial charge is 0.255 e. The number of rotatable bonds is 5. The van der Waals surface area contributed by atoms with Crippen molar-refractivity contribution in [2.45, 2.75) is 11.8 Å². The highest BCUT2D eigenvalue weighted by atomic mass is 32.2.